The first-order valence-corrected chi connectivity index (χ1v) is 10.2. The Balaban J connectivity index is 0.00000300. The van der Waals surface area contributed by atoms with E-state index in [1.807, 2.05) is 38.2 Å². The number of morpholine rings is 1. The zero-order valence-corrected chi connectivity index (χ0v) is 20.2. The Morgan fingerprint density at radius 2 is 2.03 bits per heavy atom. The highest BCUT2D eigenvalue weighted by atomic mass is 127. The van der Waals surface area contributed by atoms with E-state index in [1.165, 1.54) is 6.42 Å². The standard InChI is InChI=1S/C21H34FN5O.HI/c1-23-21(24-13-17-4-5-20(22)19(12-17)16-25(2)3)27-7-6-18(15-27)14-26-8-10-28-11-9-26;/h4-5,12,18H,6-11,13-16H2,1-3H3,(H,23,24);1H. The van der Waals surface area contributed by atoms with Crippen LogP contribution in [0.25, 0.3) is 0 Å². The zero-order valence-electron chi connectivity index (χ0n) is 17.9. The highest BCUT2D eigenvalue weighted by Crippen LogP contribution is 2.18. The third-order valence-electron chi connectivity index (χ3n) is 5.46. The van der Waals surface area contributed by atoms with Gasteiger partial charge in [-0.15, -0.1) is 24.0 Å². The van der Waals surface area contributed by atoms with Gasteiger partial charge in [-0.1, -0.05) is 6.07 Å². The number of hydrogen-bond donors (Lipinski definition) is 1. The van der Waals surface area contributed by atoms with E-state index in [0.29, 0.717) is 19.0 Å². The molecule has 2 aliphatic heterocycles. The number of nitrogens with one attached hydrogen (secondary N) is 1. The molecule has 29 heavy (non-hydrogen) atoms. The lowest BCUT2D eigenvalue weighted by Crippen LogP contribution is -2.42. The van der Waals surface area contributed by atoms with Gasteiger partial charge in [-0.3, -0.25) is 9.89 Å². The van der Waals surface area contributed by atoms with Crippen molar-refractivity contribution in [3.8, 4) is 0 Å². The fourth-order valence-electron chi connectivity index (χ4n) is 4.04. The molecular formula is C21H35FIN5O. The molecule has 3 rings (SSSR count). The fraction of sp³-hybridized carbons (Fsp3) is 0.667. The molecule has 164 valence electrons. The van der Waals surface area contributed by atoms with Gasteiger partial charge >= 0.3 is 0 Å². The topological polar surface area (TPSA) is 43.3 Å². The van der Waals surface area contributed by atoms with Gasteiger partial charge < -0.3 is 19.9 Å². The number of nitrogens with zero attached hydrogens (tertiary/aromatic N) is 4. The van der Waals surface area contributed by atoms with Gasteiger partial charge in [-0.2, -0.15) is 0 Å². The van der Waals surface area contributed by atoms with Crippen LogP contribution in [0.5, 0.6) is 0 Å². The normalized spacial score (nSPS) is 20.8. The van der Waals surface area contributed by atoms with E-state index in [-0.39, 0.29) is 29.8 Å². The third kappa shape index (κ3) is 7.34. The maximum Gasteiger partial charge on any atom is 0.193 e. The third-order valence-corrected chi connectivity index (χ3v) is 5.46. The van der Waals surface area contributed by atoms with Crippen LogP contribution < -0.4 is 5.32 Å². The molecule has 1 N–H and O–H groups in total. The summed E-state index contributed by atoms with van der Waals surface area (Å²) in [5.41, 5.74) is 1.80. The Kier molecular flexibility index (Phi) is 10.1. The molecule has 1 aromatic carbocycles. The first kappa shape index (κ1) is 24.3. The van der Waals surface area contributed by atoms with Crippen LogP contribution in [0.3, 0.4) is 0 Å². The van der Waals surface area contributed by atoms with Gasteiger partial charge in [0, 0.05) is 58.4 Å². The molecule has 6 nitrogen and oxygen atoms in total. The summed E-state index contributed by atoms with van der Waals surface area (Å²) in [7, 11) is 5.74. The Labute approximate surface area is 191 Å². The second kappa shape index (κ2) is 12.0. The summed E-state index contributed by atoms with van der Waals surface area (Å²) < 4.78 is 19.4. The van der Waals surface area contributed by atoms with E-state index in [0.717, 1.165) is 63.0 Å². The Morgan fingerprint density at radius 3 is 2.72 bits per heavy atom. The van der Waals surface area contributed by atoms with Crippen LogP contribution in [0.1, 0.15) is 17.5 Å². The quantitative estimate of drug-likeness (QED) is 0.355. The van der Waals surface area contributed by atoms with Gasteiger partial charge in [0.05, 0.1) is 13.2 Å². The van der Waals surface area contributed by atoms with Crippen molar-refractivity contribution in [1.29, 1.82) is 0 Å². The minimum atomic E-state index is -0.146. The number of benzene rings is 1. The lowest BCUT2D eigenvalue weighted by Gasteiger charge is -2.29. The molecule has 0 aromatic heterocycles. The summed E-state index contributed by atoms with van der Waals surface area (Å²) in [6.07, 6.45) is 1.20. The van der Waals surface area contributed by atoms with Crippen LogP contribution >= 0.6 is 24.0 Å². The van der Waals surface area contributed by atoms with Gasteiger partial charge in [0.25, 0.3) is 0 Å². The van der Waals surface area contributed by atoms with Crippen molar-refractivity contribution in [2.45, 2.75) is 19.5 Å². The fourth-order valence-corrected chi connectivity index (χ4v) is 4.04. The van der Waals surface area contributed by atoms with Crippen molar-refractivity contribution >= 4 is 29.9 Å². The molecule has 0 bridgehead atoms. The number of guanidine groups is 1. The van der Waals surface area contributed by atoms with Gasteiger partial charge in [-0.05, 0) is 44.1 Å². The van der Waals surface area contributed by atoms with E-state index in [9.17, 15) is 4.39 Å². The second-order valence-electron chi connectivity index (χ2n) is 8.08. The maximum atomic E-state index is 14.0. The number of hydrogen-bond acceptors (Lipinski definition) is 4. The number of rotatable bonds is 6. The Morgan fingerprint density at radius 1 is 1.28 bits per heavy atom. The lowest BCUT2D eigenvalue weighted by atomic mass is 10.1. The van der Waals surface area contributed by atoms with Gasteiger partial charge in [0.15, 0.2) is 5.96 Å². The predicted molar refractivity (Wildman–Crippen MR) is 126 cm³/mol. The molecule has 1 atom stereocenters. The second-order valence-corrected chi connectivity index (χ2v) is 8.08. The zero-order chi connectivity index (χ0) is 19.9. The molecule has 0 amide bonds. The van der Waals surface area contributed by atoms with Crippen molar-refractivity contribution in [2.75, 3.05) is 67.1 Å². The molecule has 8 heteroatoms. The molecule has 2 saturated heterocycles. The van der Waals surface area contributed by atoms with Crippen molar-refractivity contribution in [3.63, 3.8) is 0 Å². The van der Waals surface area contributed by atoms with Crippen molar-refractivity contribution in [2.24, 2.45) is 10.9 Å². The molecular weight excluding hydrogens is 484 g/mol. The molecule has 0 saturated carbocycles. The summed E-state index contributed by atoms with van der Waals surface area (Å²) in [5, 5.41) is 3.46. The Hall–Kier alpha value is -0.970. The molecule has 2 aliphatic rings. The molecule has 0 spiro atoms. The molecule has 1 aromatic rings. The van der Waals surface area contributed by atoms with Crippen LogP contribution in [-0.2, 0) is 17.8 Å². The first-order chi connectivity index (χ1) is 13.5. The van der Waals surface area contributed by atoms with E-state index in [4.69, 9.17) is 4.74 Å². The van der Waals surface area contributed by atoms with Crippen molar-refractivity contribution in [3.05, 3.63) is 35.1 Å². The van der Waals surface area contributed by atoms with Gasteiger partial charge in [-0.25, -0.2) is 4.39 Å². The SMILES string of the molecule is CN=C(NCc1ccc(F)c(CN(C)C)c1)N1CCC(CN2CCOCC2)C1.I. The average molecular weight is 519 g/mol. The van der Waals surface area contributed by atoms with Crippen LogP contribution in [-0.4, -0.2) is 87.7 Å². The van der Waals surface area contributed by atoms with Crippen LogP contribution in [0, 0.1) is 11.7 Å². The van der Waals surface area contributed by atoms with E-state index >= 15 is 0 Å². The smallest absolute Gasteiger partial charge is 0.193 e. The maximum absolute atomic E-state index is 14.0. The van der Waals surface area contributed by atoms with Gasteiger partial charge in [0.1, 0.15) is 5.82 Å². The summed E-state index contributed by atoms with van der Waals surface area (Å²) in [6.45, 7) is 8.26. The summed E-state index contributed by atoms with van der Waals surface area (Å²) >= 11 is 0. The Bertz CT molecular complexity index is 666. The lowest BCUT2D eigenvalue weighted by molar-refractivity contribution is 0.0315. The number of halogens is 2. The summed E-state index contributed by atoms with van der Waals surface area (Å²) in [6, 6.07) is 5.35. The largest absolute Gasteiger partial charge is 0.379 e. The van der Waals surface area contributed by atoms with Crippen LogP contribution in [0.2, 0.25) is 0 Å². The number of likely N-dealkylation sites (tertiary alicyclic amines) is 1. The van der Waals surface area contributed by atoms with Crippen LogP contribution in [0.4, 0.5) is 4.39 Å². The summed E-state index contributed by atoms with van der Waals surface area (Å²) in [5.74, 6) is 1.46. The molecule has 0 radical (unpaired) electrons. The average Bonchev–Trinajstić information content (AvgIpc) is 3.13. The molecule has 2 fully saturated rings. The minimum absolute atomic E-state index is 0. The van der Waals surface area contributed by atoms with Crippen LogP contribution in [0.15, 0.2) is 23.2 Å². The van der Waals surface area contributed by atoms with E-state index in [2.05, 4.69) is 20.1 Å². The number of aliphatic imine (C=N–C) groups is 1. The molecule has 1 unspecified atom stereocenters. The van der Waals surface area contributed by atoms with Gasteiger partial charge in [0.2, 0.25) is 0 Å². The van der Waals surface area contributed by atoms with Crippen molar-refractivity contribution in [1.82, 2.24) is 20.0 Å². The number of ether oxygens (including phenoxy) is 1. The predicted octanol–water partition coefficient (Wildman–Crippen LogP) is 2.23. The minimum Gasteiger partial charge on any atom is -0.379 e. The van der Waals surface area contributed by atoms with E-state index in [1.54, 1.807) is 6.07 Å². The highest BCUT2D eigenvalue weighted by molar-refractivity contribution is 14.0. The highest BCUT2D eigenvalue weighted by Gasteiger charge is 2.27. The van der Waals surface area contributed by atoms with E-state index < -0.39 is 0 Å². The van der Waals surface area contributed by atoms with Crippen molar-refractivity contribution < 1.29 is 9.13 Å². The first-order valence-electron chi connectivity index (χ1n) is 10.2. The molecule has 0 aliphatic carbocycles. The monoisotopic (exact) mass is 519 g/mol. The molecule has 2 heterocycles. The summed E-state index contributed by atoms with van der Waals surface area (Å²) in [4.78, 5) is 11.3.